The molecular formula is C16H24N6O8. The summed E-state index contributed by atoms with van der Waals surface area (Å²) in [5, 5.41) is 50.3. The molecule has 0 aliphatic heterocycles. The van der Waals surface area contributed by atoms with Crippen LogP contribution in [0.15, 0.2) is 12.1 Å². The van der Waals surface area contributed by atoms with Crippen molar-refractivity contribution in [2.75, 3.05) is 25.0 Å². The first kappa shape index (κ1) is 24.5. The topological polar surface area (TPSA) is 203 Å². The molecule has 0 aromatic heterocycles. The Morgan fingerprint density at radius 1 is 1.00 bits per heavy atom. The Balaban J connectivity index is 3.00. The van der Waals surface area contributed by atoms with Gasteiger partial charge in [-0.25, -0.2) is 4.79 Å². The first-order chi connectivity index (χ1) is 14.0. The normalized spacial score (nSPS) is 12.6. The minimum absolute atomic E-state index is 0.106. The molecule has 1 atom stereocenters. The lowest BCUT2D eigenvalue weighted by Gasteiger charge is -2.31. The number of hydrogen-bond donors (Lipinski definition) is 4. The van der Waals surface area contributed by atoms with E-state index in [0.29, 0.717) is 31.5 Å². The fourth-order valence-corrected chi connectivity index (χ4v) is 3.02. The number of nitrogens with one attached hydrogen (secondary N) is 3. The molecule has 0 bridgehead atoms. The van der Waals surface area contributed by atoms with Gasteiger partial charge in [0.25, 0.3) is 5.69 Å². The predicted octanol–water partition coefficient (Wildman–Crippen LogP) is 2.63. The van der Waals surface area contributed by atoms with Crippen LogP contribution in [-0.4, -0.2) is 51.1 Å². The molecule has 1 rings (SSSR count). The first-order valence-corrected chi connectivity index (χ1v) is 9.07. The van der Waals surface area contributed by atoms with E-state index >= 15 is 0 Å². The summed E-state index contributed by atoms with van der Waals surface area (Å²) in [6, 6.07) is 1.35. The standard InChI is InChI=1S/C16H24N6O8/c1-3-4-16(2,19-8-7-18-15(23)24)5-6-17-14-12(21(27)28)9-11(20(25)26)10-13(14)22(29)30/h9-10,17-19H,3-8H2,1-2H3,(H,23,24). The van der Waals surface area contributed by atoms with E-state index in [2.05, 4.69) is 16.0 Å². The Kier molecular flexibility index (Phi) is 8.85. The van der Waals surface area contributed by atoms with Gasteiger partial charge in [0.05, 0.1) is 26.9 Å². The van der Waals surface area contributed by atoms with Crippen LogP contribution in [0, 0.1) is 30.3 Å². The molecule has 0 spiro atoms. The molecule has 1 unspecified atom stereocenters. The van der Waals surface area contributed by atoms with Crippen LogP contribution >= 0.6 is 0 Å². The number of carboxylic acid groups (broad SMARTS) is 1. The first-order valence-electron chi connectivity index (χ1n) is 9.07. The lowest BCUT2D eigenvalue weighted by molar-refractivity contribution is -0.401. The Bertz CT molecular complexity index is 782. The molecule has 0 radical (unpaired) electrons. The second-order valence-electron chi connectivity index (χ2n) is 6.78. The van der Waals surface area contributed by atoms with Crippen LogP contribution in [0.5, 0.6) is 0 Å². The quantitative estimate of drug-likeness (QED) is 0.205. The van der Waals surface area contributed by atoms with Gasteiger partial charge in [0.15, 0.2) is 5.69 Å². The highest BCUT2D eigenvalue weighted by molar-refractivity contribution is 5.77. The minimum atomic E-state index is -1.14. The van der Waals surface area contributed by atoms with E-state index in [1.165, 1.54) is 0 Å². The summed E-state index contributed by atoms with van der Waals surface area (Å²) in [5.41, 5.74) is -3.13. The summed E-state index contributed by atoms with van der Waals surface area (Å²) < 4.78 is 0. The van der Waals surface area contributed by atoms with E-state index in [4.69, 9.17) is 5.11 Å². The van der Waals surface area contributed by atoms with Crippen LogP contribution < -0.4 is 16.0 Å². The van der Waals surface area contributed by atoms with Crippen molar-refractivity contribution in [1.29, 1.82) is 0 Å². The molecule has 0 saturated carbocycles. The molecule has 0 aliphatic carbocycles. The molecule has 0 saturated heterocycles. The number of carbonyl (C=O) groups is 1. The molecule has 0 aliphatic rings. The number of hydrogen-bond acceptors (Lipinski definition) is 9. The summed E-state index contributed by atoms with van der Waals surface area (Å²) in [5.74, 6) is 0. The molecule has 1 amide bonds. The van der Waals surface area contributed by atoms with Gasteiger partial charge in [0, 0.05) is 25.2 Å². The third-order valence-corrected chi connectivity index (χ3v) is 4.42. The van der Waals surface area contributed by atoms with E-state index in [9.17, 15) is 35.1 Å². The van der Waals surface area contributed by atoms with E-state index in [1.54, 1.807) is 0 Å². The Morgan fingerprint density at radius 2 is 1.57 bits per heavy atom. The van der Waals surface area contributed by atoms with Crippen LogP contribution in [0.1, 0.15) is 33.1 Å². The van der Waals surface area contributed by atoms with Gasteiger partial charge in [-0.05, 0) is 19.8 Å². The summed E-state index contributed by atoms with van der Waals surface area (Å²) in [6.45, 7) is 4.48. The minimum Gasteiger partial charge on any atom is -0.465 e. The summed E-state index contributed by atoms with van der Waals surface area (Å²) in [6.07, 6.45) is 0.757. The Morgan fingerprint density at radius 3 is 2.00 bits per heavy atom. The second-order valence-corrected chi connectivity index (χ2v) is 6.78. The number of non-ortho nitro benzene ring substituents is 1. The number of rotatable bonds is 13. The highest BCUT2D eigenvalue weighted by atomic mass is 16.6. The summed E-state index contributed by atoms with van der Waals surface area (Å²) in [7, 11) is 0. The SMILES string of the molecule is CCCC(C)(CCNc1c([N+](=O)[O-])cc([N+](=O)[O-])cc1[N+](=O)[O-])NCCNC(=O)O. The fraction of sp³-hybridized carbons (Fsp3) is 0.562. The zero-order valence-corrected chi connectivity index (χ0v) is 16.5. The number of amides is 1. The van der Waals surface area contributed by atoms with Gasteiger partial charge in [0.2, 0.25) is 0 Å². The zero-order valence-electron chi connectivity index (χ0n) is 16.5. The van der Waals surface area contributed by atoms with Crippen LogP contribution in [0.3, 0.4) is 0 Å². The van der Waals surface area contributed by atoms with Crippen molar-refractivity contribution in [3.8, 4) is 0 Å². The van der Waals surface area contributed by atoms with E-state index < -0.39 is 49.2 Å². The molecular weight excluding hydrogens is 404 g/mol. The van der Waals surface area contributed by atoms with Crippen molar-refractivity contribution in [2.45, 2.75) is 38.6 Å². The number of nitro groups is 3. The second kappa shape index (κ2) is 10.8. The van der Waals surface area contributed by atoms with E-state index in [1.807, 2.05) is 13.8 Å². The largest absolute Gasteiger partial charge is 0.465 e. The fourth-order valence-electron chi connectivity index (χ4n) is 3.02. The van der Waals surface area contributed by atoms with E-state index in [-0.39, 0.29) is 13.1 Å². The van der Waals surface area contributed by atoms with Crippen molar-refractivity contribution in [3.63, 3.8) is 0 Å². The highest BCUT2D eigenvalue weighted by Gasteiger charge is 2.31. The molecule has 4 N–H and O–H groups in total. The van der Waals surface area contributed by atoms with Crippen LogP contribution in [-0.2, 0) is 0 Å². The predicted molar refractivity (Wildman–Crippen MR) is 107 cm³/mol. The van der Waals surface area contributed by atoms with Crippen molar-refractivity contribution >= 4 is 28.8 Å². The van der Waals surface area contributed by atoms with Crippen molar-refractivity contribution < 1.29 is 24.7 Å². The Labute approximate surface area is 171 Å². The lowest BCUT2D eigenvalue weighted by Crippen LogP contribution is -2.46. The summed E-state index contributed by atoms with van der Waals surface area (Å²) >= 11 is 0. The van der Waals surface area contributed by atoms with Crippen LogP contribution in [0.2, 0.25) is 0 Å². The number of nitrogens with zero attached hydrogens (tertiary/aromatic N) is 3. The third-order valence-electron chi connectivity index (χ3n) is 4.42. The molecule has 166 valence electrons. The molecule has 1 aromatic rings. The maximum Gasteiger partial charge on any atom is 0.404 e. The van der Waals surface area contributed by atoms with Crippen molar-refractivity contribution in [2.24, 2.45) is 0 Å². The molecule has 14 heteroatoms. The highest BCUT2D eigenvalue weighted by Crippen LogP contribution is 2.38. The lowest BCUT2D eigenvalue weighted by atomic mass is 9.92. The monoisotopic (exact) mass is 428 g/mol. The maximum atomic E-state index is 11.3. The number of anilines is 1. The summed E-state index contributed by atoms with van der Waals surface area (Å²) in [4.78, 5) is 41.3. The Hall–Kier alpha value is -3.55. The van der Waals surface area contributed by atoms with Gasteiger partial charge in [-0.3, -0.25) is 30.3 Å². The van der Waals surface area contributed by atoms with Gasteiger partial charge in [-0.2, -0.15) is 0 Å². The molecule has 0 heterocycles. The van der Waals surface area contributed by atoms with Crippen molar-refractivity contribution in [1.82, 2.24) is 10.6 Å². The third kappa shape index (κ3) is 7.12. The smallest absolute Gasteiger partial charge is 0.404 e. The number of benzene rings is 1. The average molecular weight is 428 g/mol. The van der Waals surface area contributed by atoms with E-state index in [0.717, 1.165) is 6.42 Å². The van der Waals surface area contributed by atoms with Gasteiger partial charge >= 0.3 is 17.5 Å². The molecule has 14 nitrogen and oxygen atoms in total. The van der Waals surface area contributed by atoms with Gasteiger partial charge in [-0.15, -0.1) is 0 Å². The van der Waals surface area contributed by atoms with Crippen LogP contribution in [0.4, 0.5) is 27.5 Å². The molecule has 1 aromatic carbocycles. The van der Waals surface area contributed by atoms with Gasteiger partial charge in [-0.1, -0.05) is 13.3 Å². The zero-order chi connectivity index (χ0) is 22.9. The molecule has 0 fully saturated rings. The van der Waals surface area contributed by atoms with Crippen molar-refractivity contribution in [3.05, 3.63) is 42.5 Å². The maximum absolute atomic E-state index is 11.3. The number of nitro benzene ring substituents is 3. The molecule has 30 heavy (non-hydrogen) atoms. The average Bonchev–Trinajstić information content (AvgIpc) is 2.64. The van der Waals surface area contributed by atoms with Gasteiger partial charge < -0.3 is 21.1 Å². The van der Waals surface area contributed by atoms with Crippen LogP contribution in [0.25, 0.3) is 0 Å². The van der Waals surface area contributed by atoms with Gasteiger partial charge in [0.1, 0.15) is 0 Å².